The van der Waals surface area contributed by atoms with Gasteiger partial charge in [0.2, 0.25) is 0 Å². The molecule has 0 aromatic heterocycles. The lowest BCUT2D eigenvalue weighted by Crippen LogP contribution is -2.34. The zero-order chi connectivity index (χ0) is 14.3. The predicted octanol–water partition coefficient (Wildman–Crippen LogP) is 1.37. The summed E-state index contributed by atoms with van der Waals surface area (Å²) in [5, 5.41) is 16.8. The Kier molecular flexibility index (Phi) is 6.17. The molecule has 0 aliphatic rings. The molecule has 1 aromatic rings. The van der Waals surface area contributed by atoms with Gasteiger partial charge in [-0.2, -0.15) is 5.10 Å². The zero-order valence-electron chi connectivity index (χ0n) is 10.7. The Morgan fingerprint density at radius 2 is 2.26 bits per heavy atom. The van der Waals surface area contributed by atoms with Gasteiger partial charge in [-0.05, 0) is 37.3 Å². The molecule has 0 aliphatic carbocycles. The van der Waals surface area contributed by atoms with Gasteiger partial charge in [0, 0.05) is 19.2 Å². The molecule has 0 radical (unpaired) electrons. The quantitative estimate of drug-likeness (QED) is 0.330. The minimum atomic E-state index is -0.442. The van der Waals surface area contributed by atoms with E-state index in [0.717, 1.165) is 0 Å². The molecule has 0 atom stereocenters. The predicted molar refractivity (Wildman–Crippen MR) is 75.9 cm³/mol. The van der Waals surface area contributed by atoms with Crippen molar-refractivity contribution in [3.8, 4) is 5.75 Å². The molecule has 0 saturated heterocycles. The molecule has 5 nitrogen and oxygen atoms in total. The number of nitrogens with zero attached hydrogens (tertiary/aromatic N) is 1. The number of halogens is 1. The second-order valence-corrected chi connectivity index (χ2v) is 4.13. The molecule has 0 saturated carbocycles. The Morgan fingerprint density at radius 3 is 2.95 bits per heavy atom. The highest BCUT2D eigenvalue weighted by molar-refractivity contribution is 7.80. The second kappa shape index (κ2) is 7.65. The number of hydrogen-bond acceptors (Lipinski definition) is 4. The van der Waals surface area contributed by atoms with Crippen LogP contribution in [0.3, 0.4) is 0 Å². The van der Waals surface area contributed by atoms with E-state index in [9.17, 15) is 9.50 Å². The molecule has 0 spiro atoms. The first-order valence-electron chi connectivity index (χ1n) is 5.60. The van der Waals surface area contributed by atoms with Gasteiger partial charge in [-0.15, -0.1) is 0 Å². The summed E-state index contributed by atoms with van der Waals surface area (Å²) in [5.41, 5.74) is 3.34. The fourth-order valence-electron chi connectivity index (χ4n) is 1.30. The van der Waals surface area contributed by atoms with E-state index in [1.807, 2.05) is 0 Å². The van der Waals surface area contributed by atoms with Crippen LogP contribution in [0.25, 0.3) is 0 Å². The Bertz CT molecular complexity index is 480. The summed E-state index contributed by atoms with van der Waals surface area (Å²) in [5.74, 6) is -0.481. The van der Waals surface area contributed by atoms with Gasteiger partial charge < -0.3 is 15.2 Å². The number of phenols is 1. The molecule has 104 valence electrons. The van der Waals surface area contributed by atoms with Crippen molar-refractivity contribution in [1.29, 1.82) is 0 Å². The van der Waals surface area contributed by atoms with E-state index in [1.54, 1.807) is 14.0 Å². The molecule has 3 N–H and O–H groups in total. The van der Waals surface area contributed by atoms with E-state index in [4.69, 9.17) is 17.0 Å². The fraction of sp³-hybridized carbons (Fsp3) is 0.333. The highest BCUT2D eigenvalue weighted by Gasteiger charge is 2.06. The Balaban J connectivity index is 2.61. The minimum Gasteiger partial charge on any atom is -0.507 e. The van der Waals surface area contributed by atoms with Crippen molar-refractivity contribution in [2.45, 2.75) is 6.92 Å². The number of thiocarbonyl (C=S) groups is 1. The van der Waals surface area contributed by atoms with Gasteiger partial charge in [-0.25, -0.2) is 4.39 Å². The largest absolute Gasteiger partial charge is 0.507 e. The van der Waals surface area contributed by atoms with Crippen LogP contribution in [0.15, 0.2) is 23.3 Å². The van der Waals surface area contributed by atoms with Crippen LogP contribution in [0.5, 0.6) is 5.75 Å². The third-order valence-electron chi connectivity index (χ3n) is 2.27. The van der Waals surface area contributed by atoms with E-state index in [1.165, 1.54) is 18.2 Å². The average Bonchev–Trinajstić information content (AvgIpc) is 2.39. The van der Waals surface area contributed by atoms with Crippen molar-refractivity contribution in [2.75, 3.05) is 20.3 Å². The Labute approximate surface area is 116 Å². The molecule has 1 rings (SSSR count). The number of phenolic OH excluding ortho intramolecular Hbond substituents is 1. The van der Waals surface area contributed by atoms with Crippen LogP contribution in [-0.2, 0) is 4.74 Å². The van der Waals surface area contributed by atoms with Gasteiger partial charge >= 0.3 is 0 Å². The molecule has 0 amide bonds. The lowest BCUT2D eigenvalue weighted by atomic mass is 10.1. The first-order valence-corrected chi connectivity index (χ1v) is 6.01. The minimum absolute atomic E-state index is 0.0392. The molecular formula is C12H16FN3O2S. The molecule has 0 aliphatic heterocycles. The van der Waals surface area contributed by atoms with Gasteiger partial charge in [0.1, 0.15) is 11.6 Å². The van der Waals surface area contributed by atoms with Gasteiger partial charge in [-0.1, -0.05) is 0 Å². The summed E-state index contributed by atoms with van der Waals surface area (Å²) < 4.78 is 17.9. The maximum Gasteiger partial charge on any atom is 0.187 e. The molecule has 0 heterocycles. The van der Waals surface area contributed by atoms with Crippen LogP contribution in [0.2, 0.25) is 0 Å². The third kappa shape index (κ3) is 5.19. The van der Waals surface area contributed by atoms with E-state index in [0.29, 0.717) is 29.5 Å². The van der Waals surface area contributed by atoms with Crippen LogP contribution in [0, 0.1) is 5.82 Å². The Hall–Kier alpha value is -1.73. The molecule has 19 heavy (non-hydrogen) atoms. The average molecular weight is 285 g/mol. The maximum atomic E-state index is 13.1. The number of hydrogen-bond donors (Lipinski definition) is 3. The monoisotopic (exact) mass is 285 g/mol. The van der Waals surface area contributed by atoms with E-state index >= 15 is 0 Å². The zero-order valence-corrected chi connectivity index (χ0v) is 11.6. The number of rotatable bonds is 5. The smallest absolute Gasteiger partial charge is 0.187 e. The SMILES string of the molecule is COCCNC(=S)N/N=C(\C)c1cc(F)ccc1O. The summed E-state index contributed by atoms with van der Waals surface area (Å²) in [6.07, 6.45) is 0. The van der Waals surface area contributed by atoms with Gasteiger partial charge in [-0.3, -0.25) is 5.43 Å². The number of nitrogens with one attached hydrogen (secondary N) is 2. The van der Waals surface area contributed by atoms with Gasteiger partial charge in [0.15, 0.2) is 5.11 Å². The highest BCUT2D eigenvalue weighted by Crippen LogP contribution is 2.18. The summed E-state index contributed by atoms with van der Waals surface area (Å²) >= 11 is 4.97. The fourth-order valence-corrected chi connectivity index (χ4v) is 1.45. The topological polar surface area (TPSA) is 65.9 Å². The number of benzene rings is 1. The van der Waals surface area contributed by atoms with Crippen molar-refractivity contribution in [3.05, 3.63) is 29.6 Å². The van der Waals surface area contributed by atoms with Crippen molar-refractivity contribution in [3.63, 3.8) is 0 Å². The Morgan fingerprint density at radius 1 is 1.53 bits per heavy atom. The lowest BCUT2D eigenvalue weighted by molar-refractivity contribution is 0.204. The van der Waals surface area contributed by atoms with Crippen molar-refractivity contribution in [2.24, 2.45) is 5.10 Å². The van der Waals surface area contributed by atoms with Gasteiger partial charge in [0.05, 0.1) is 12.3 Å². The molecular weight excluding hydrogens is 269 g/mol. The summed E-state index contributed by atoms with van der Waals surface area (Å²) in [6, 6.07) is 3.66. The van der Waals surface area contributed by atoms with Crippen LogP contribution < -0.4 is 10.7 Å². The second-order valence-electron chi connectivity index (χ2n) is 3.72. The number of ether oxygens (including phenoxy) is 1. The van der Waals surface area contributed by atoms with Gasteiger partial charge in [0.25, 0.3) is 0 Å². The standard InChI is InChI=1S/C12H16FN3O2S/c1-8(10-7-9(13)3-4-11(10)17)15-16-12(19)14-5-6-18-2/h3-4,7,17H,5-6H2,1-2H3,(H2,14,16,19)/b15-8+. The summed E-state index contributed by atoms with van der Waals surface area (Å²) in [7, 11) is 1.59. The lowest BCUT2D eigenvalue weighted by Gasteiger charge is -2.08. The van der Waals surface area contributed by atoms with Crippen molar-refractivity contribution >= 4 is 23.0 Å². The summed E-state index contributed by atoms with van der Waals surface area (Å²) in [4.78, 5) is 0. The summed E-state index contributed by atoms with van der Waals surface area (Å²) in [6.45, 7) is 2.72. The van der Waals surface area contributed by atoms with Crippen LogP contribution in [0.4, 0.5) is 4.39 Å². The normalized spacial score (nSPS) is 11.2. The first-order chi connectivity index (χ1) is 9.04. The molecule has 7 heteroatoms. The third-order valence-corrected chi connectivity index (χ3v) is 2.50. The molecule has 0 bridgehead atoms. The first kappa shape index (κ1) is 15.3. The van der Waals surface area contributed by atoms with Crippen LogP contribution in [0.1, 0.15) is 12.5 Å². The highest BCUT2D eigenvalue weighted by atomic mass is 32.1. The van der Waals surface area contributed by atoms with Crippen LogP contribution >= 0.6 is 12.2 Å². The number of hydrazone groups is 1. The van der Waals surface area contributed by atoms with E-state index < -0.39 is 5.82 Å². The molecule has 0 fully saturated rings. The van der Waals surface area contributed by atoms with Crippen molar-refractivity contribution < 1.29 is 14.2 Å². The molecule has 1 aromatic carbocycles. The number of methoxy groups -OCH3 is 1. The van der Waals surface area contributed by atoms with E-state index in [-0.39, 0.29) is 5.75 Å². The van der Waals surface area contributed by atoms with E-state index in [2.05, 4.69) is 15.8 Å². The van der Waals surface area contributed by atoms with Crippen molar-refractivity contribution in [1.82, 2.24) is 10.7 Å². The molecule has 0 unspecified atom stereocenters. The maximum absolute atomic E-state index is 13.1. The van der Waals surface area contributed by atoms with Crippen LogP contribution in [-0.4, -0.2) is 36.2 Å². The number of aromatic hydroxyl groups is 1.